The van der Waals surface area contributed by atoms with Crippen molar-refractivity contribution in [1.29, 1.82) is 0 Å². The van der Waals surface area contributed by atoms with Crippen molar-refractivity contribution in [2.75, 3.05) is 0 Å². The highest BCUT2D eigenvalue weighted by Crippen LogP contribution is 2.19. The van der Waals surface area contributed by atoms with Crippen molar-refractivity contribution in [2.24, 2.45) is 5.41 Å². The van der Waals surface area contributed by atoms with Gasteiger partial charge in [-0.25, -0.2) is 4.98 Å². The lowest BCUT2D eigenvalue weighted by Gasteiger charge is -2.15. The van der Waals surface area contributed by atoms with E-state index in [0.29, 0.717) is 5.69 Å². The van der Waals surface area contributed by atoms with Crippen molar-refractivity contribution >= 4 is 17.4 Å². The maximum absolute atomic E-state index is 11.7. The van der Waals surface area contributed by atoms with E-state index in [0.717, 1.165) is 0 Å². The van der Waals surface area contributed by atoms with Gasteiger partial charge in [-0.1, -0.05) is 32.4 Å². The Morgan fingerprint density at radius 3 is 2.46 bits per heavy atom. The molecule has 13 heavy (non-hydrogen) atoms. The van der Waals surface area contributed by atoms with Crippen LogP contribution in [0.15, 0.2) is 12.4 Å². The van der Waals surface area contributed by atoms with Gasteiger partial charge in [-0.05, 0) is 0 Å². The second-order valence-corrected chi connectivity index (χ2v) is 4.19. The highest BCUT2D eigenvalue weighted by Gasteiger charge is 2.24. The topological polar surface area (TPSA) is 42.9 Å². The fraction of sp³-hybridized carbons (Fsp3) is 0.444. The molecule has 0 saturated carbocycles. The highest BCUT2D eigenvalue weighted by atomic mass is 35.5. The number of carbonyl (C=O) groups is 1. The van der Waals surface area contributed by atoms with Crippen LogP contribution in [0, 0.1) is 5.41 Å². The highest BCUT2D eigenvalue weighted by molar-refractivity contribution is 6.29. The molecule has 0 saturated heterocycles. The van der Waals surface area contributed by atoms with E-state index in [1.165, 1.54) is 12.4 Å². The molecule has 0 radical (unpaired) electrons. The lowest BCUT2D eigenvalue weighted by atomic mass is 9.89. The molecule has 0 aromatic carbocycles. The van der Waals surface area contributed by atoms with Crippen molar-refractivity contribution in [3.63, 3.8) is 0 Å². The van der Waals surface area contributed by atoms with Crippen LogP contribution in [-0.2, 0) is 0 Å². The van der Waals surface area contributed by atoms with Gasteiger partial charge in [-0.15, -0.1) is 0 Å². The van der Waals surface area contributed by atoms with Gasteiger partial charge in [0.05, 0.1) is 12.4 Å². The largest absolute Gasteiger partial charge is 0.292 e. The molecule has 0 fully saturated rings. The summed E-state index contributed by atoms with van der Waals surface area (Å²) < 4.78 is 0. The lowest BCUT2D eigenvalue weighted by molar-refractivity contribution is 0.0852. The normalized spacial score (nSPS) is 11.4. The summed E-state index contributed by atoms with van der Waals surface area (Å²) in [4.78, 5) is 19.4. The molecule has 3 nitrogen and oxygen atoms in total. The minimum Gasteiger partial charge on any atom is -0.292 e. The zero-order valence-electron chi connectivity index (χ0n) is 7.84. The third-order valence-corrected chi connectivity index (χ3v) is 1.70. The first kappa shape index (κ1) is 10.1. The Bertz CT molecular complexity index is 331. The zero-order valence-corrected chi connectivity index (χ0v) is 8.59. The molecular weight excluding hydrogens is 188 g/mol. The van der Waals surface area contributed by atoms with Crippen molar-refractivity contribution in [3.8, 4) is 0 Å². The van der Waals surface area contributed by atoms with Crippen LogP contribution in [0.5, 0.6) is 0 Å². The average Bonchev–Trinajstić information content (AvgIpc) is 2.01. The third-order valence-electron chi connectivity index (χ3n) is 1.52. The number of hydrogen-bond acceptors (Lipinski definition) is 3. The first-order valence-corrected chi connectivity index (χ1v) is 4.31. The van der Waals surface area contributed by atoms with Crippen molar-refractivity contribution in [3.05, 3.63) is 23.2 Å². The number of nitrogens with zero attached hydrogens (tertiary/aromatic N) is 2. The molecule has 0 aliphatic rings. The number of carbonyl (C=O) groups excluding carboxylic acids is 1. The molecule has 1 heterocycles. The molecule has 0 aliphatic carbocycles. The first-order valence-electron chi connectivity index (χ1n) is 3.93. The summed E-state index contributed by atoms with van der Waals surface area (Å²) in [6, 6.07) is 0. The molecule has 1 rings (SSSR count). The fourth-order valence-corrected chi connectivity index (χ4v) is 0.983. The van der Waals surface area contributed by atoms with E-state index in [2.05, 4.69) is 9.97 Å². The Morgan fingerprint density at radius 1 is 1.38 bits per heavy atom. The maximum Gasteiger partial charge on any atom is 0.188 e. The quantitative estimate of drug-likeness (QED) is 0.651. The van der Waals surface area contributed by atoms with Crippen LogP contribution in [-0.4, -0.2) is 15.8 Å². The number of ketones is 1. The summed E-state index contributed by atoms with van der Waals surface area (Å²) in [5.74, 6) is -0.0532. The fourth-order valence-electron chi connectivity index (χ4n) is 0.836. The first-order chi connectivity index (χ1) is 5.91. The second-order valence-electron chi connectivity index (χ2n) is 3.81. The van der Waals surface area contributed by atoms with Gasteiger partial charge >= 0.3 is 0 Å². The standard InChI is InChI=1S/C9H11ClN2O/c1-9(2,3)8(13)6-4-11-5-7(10)12-6/h4-5H,1-3H3. The predicted octanol–water partition coefficient (Wildman–Crippen LogP) is 2.36. The Labute approximate surface area is 82.2 Å². The van der Waals surface area contributed by atoms with Crippen molar-refractivity contribution in [1.82, 2.24) is 9.97 Å². The molecule has 0 aliphatic heterocycles. The lowest BCUT2D eigenvalue weighted by Crippen LogP contribution is -2.21. The SMILES string of the molecule is CC(C)(C)C(=O)c1cncc(Cl)n1. The molecular formula is C9H11ClN2O. The van der Waals surface area contributed by atoms with Gasteiger partial charge in [-0.2, -0.15) is 0 Å². The van der Waals surface area contributed by atoms with Gasteiger partial charge in [0.15, 0.2) is 5.78 Å². The molecule has 0 unspecified atom stereocenters. The molecule has 0 bridgehead atoms. The number of halogens is 1. The predicted molar refractivity (Wildman–Crippen MR) is 50.8 cm³/mol. The van der Waals surface area contributed by atoms with E-state index in [4.69, 9.17) is 11.6 Å². The monoisotopic (exact) mass is 198 g/mol. The summed E-state index contributed by atoms with van der Waals surface area (Å²) in [7, 11) is 0. The van der Waals surface area contributed by atoms with Crippen LogP contribution in [0.1, 0.15) is 31.3 Å². The van der Waals surface area contributed by atoms with Gasteiger partial charge in [0.25, 0.3) is 0 Å². The number of hydrogen-bond donors (Lipinski definition) is 0. The molecule has 0 N–H and O–H groups in total. The molecule has 70 valence electrons. The summed E-state index contributed by atoms with van der Waals surface area (Å²) in [6.45, 7) is 5.49. The average molecular weight is 199 g/mol. The van der Waals surface area contributed by atoms with E-state index in [9.17, 15) is 4.79 Å². The van der Waals surface area contributed by atoms with Gasteiger partial charge in [-0.3, -0.25) is 9.78 Å². The number of Topliss-reactive ketones (excluding diaryl/α,β-unsaturated/α-hetero) is 1. The van der Waals surface area contributed by atoms with E-state index in [1.807, 2.05) is 20.8 Å². The summed E-state index contributed by atoms with van der Waals surface area (Å²) in [5, 5.41) is 0.245. The van der Waals surface area contributed by atoms with E-state index < -0.39 is 5.41 Å². The smallest absolute Gasteiger partial charge is 0.188 e. The van der Waals surface area contributed by atoms with E-state index in [-0.39, 0.29) is 10.9 Å². The van der Waals surface area contributed by atoms with E-state index in [1.54, 1.807) is 0 Å². The van der Waals surface area contributed by atoms with Crippen molar-refractivity contribution in [2.45, 2.75) is 20.8 Å². The van der Waals surface area contributed by atoms with E-state index >= 15 is 0 Å². The number of aromatic nitrogens is 2. The van der Waals surface area contributed by atoms with Crippen LogP contribution in [0.25, 0.3) is 0 Å². The van der Waals surface area contributed by atoms with Gasteiger partial charge in [0, 0.05) is 5.41 Å². The molecule has 1 aromatic heterocycles. The van der Waals surface area contributed by atoms with Crippen LogP contribution in [0.4, 0.5) is 0 Å². The van der Waals surface area contributed by atoms with Crippen molar-refractivity contribution < 1.29 is 4.79 Å². The van der Waals surface area contributed by atoms with Crippen LogP contribution < -0.4 is 0 Å². The van der Waals surface area contributed by atoms with Gasteiger partial charge < -0.3 is 0 Å². The maximum atomic E-state index is 11.7. The van der Waals surface area contributed by atoms with Crippen LogP contribution >= 0.6 is 11.6 Å². The summed E-state index contributed by atoms with van der Waals surface area (Å²) in [5.41, 5.74) is -0.126. The Kier molecular flexibility index (Phi) is 2.66. The minimum atomic E-state index is -0.445. The molecule has 0 amide bonds. The zero-order chi connectivity index (χ0) is 10.1. The number of rotatable bonds is 1. The Morgan fingerprint density at radius 2 is 2.00 bits per heavy atom. The third kappa shape index (κ3) is 2.49. The van der Waals surface area contributed by atoms with Crippen LogP contribution in [0.3, 0.4) is 0 Å². The molecule has 1 aromatic rings. The summed E-state index contributed by atoms with van der Waals surface area (Å²) in [6.07, 6.45) is 2.83. The minimum absolute atomic E-state index is 0.0532. The van der Waals surface area contributed by atoms with Gasteiger partial charge in [0.2, 0.25) is 0 Å². The Balaban J connectivity index is 3.03. The molecule has 4 heteroatoms. The second kappa shape index (κ2) is 3.42. The Hall–Kier alpha value is -0.960. The summed E-state index contributed by atoms with van der Waals surface area (Å²) >= 11 is 5.61. The van der Waals surface area contributed by atoms with Gasteiger partial charge in [0.1, 0.15) is 10.8 Å². The molecule has 0 spiro atoms. The van der Waals surface area contributed by atoms with Crippen LogP contribution in [0.2, 0.25) is 5.15 Å². The molecule has 0 atom stereocenters.